The topological polar surface area (TPSA) is 22.1 Å². The fraction of sp³-hybridized carbons (Fsp3) is 0.125. The summed E-state index contributed by atoms with van der Waals surface area (Å²) in [6.45, 7) is 3.69. The molecule has 58 valence electrons. The smallest absolute Gasteiger partial charge is 0.138 e. The number of hydrogen-bond donors (Lipinski definition) is 0. The Bertz CT molecular complexity index is 273. The quantitative estimate of drug-likeness (QED) is 0.705. The maximum absolute atomic E-state index is 4.93. The lowest BCUT2D eigenvalue weighted by Gasteiger charge is -2.03. The van der Waals surface area contributed by atoms with E-state index in [1.807, 2.05) is 12.1 Å². The van der Waals surface area contributed by atoms with Gasteiger partial charge in [0, 0.05) is 10.7 Å². The van der Waals surface area contributed by atoms with Crippen molar-refractivity contribution in [2.75, 3.05) is 7.11 Å². The second-order valence-corrected chi connectivity index (χ2v) is 2.82. The summed E-state index contributed by atoms with van der Waals surface area (Å²) in [4.78, 5) is 4.08. The second-order valence-electron chi connectivity index (χ2n) is 1.96. The van der Waals surface area contributed by atoms with Crippen molar-refractivity contribution in [2.24, 2.45) is 0 Å². The average molecular weight is 214 g/mol. The van der Waals surface area contributed by atoms with E-state index in [0.717, 1.165) is 10.2 Å². The molecule has 1 aromatic heterocycles. The van der Waals surface area contributed by atoms with Crippen molar-refractivity contribution >= 4 is 21.7 Å². The van der Waals surface area contributed by atoms with Gasteiger partial charge in [-0.25, -0.2) is 0 Å². The predicted molar refractivity (Wildman–Crippen MR) is 48.0 cm³/mol. The van der Waals surface area contributed by atoms with Gasteiger partial charge in [-0.15, -0.1) is 0 Å². The molecule has 0 radical (unpaired) electrons. The Labute approximate surface area is 74.0 Å². The summed E-state index contributed by atoms with van der Waals surface area (Å²) < 4.78 is 5.83. The van der Waals surface area contributed by atoms with Crippen molar-refractivity contribution < 1.29 is 4.74 Å². The zero-order valence-corrected chi connectivity index (χ0v) is 7.76. The van der Waals surface area contributed by atoms with Gasteiger partial charge in [0.05, 0.1) is 7.11 Å². The number of pyridine rings is 1. The van der Waals surface area contributed by atoms with Gasteiger partial charge in [-0.3, -0.25) is 4.98 Å². The normalized spacial score (nSPS) is 9.27. The molecule has 0 aliphatic rings. The van der Waals surface area contributed by atoms with Crippen LogP contribution >= 0.6 is 15.9 Å². The van der Waals surface area contributed by atoms with E-state index in [1.54, 1.807) is 13.3 Å². The highest BCUT2D eigenvalue weighted by atomic mass is 79.9. The number of aromatic nitrogens is 1. The SMILES string of the molecule is C=C(OC)c1ncccc1Br. The summed E-state index contributed by atoms with van der Waals surface area (Å²) in [5, 5.41) is 0. The Morgan fingerprint density at radius 3 is 3.00 bits per heavy atom. The van der Waals surface area contributed by atoms with Crippen molar-refractivity contribution in [1.82, 2.24) is 4.98 Å². The number of hydrogen-bond acceptors (Lipinski definition) is 2. The molecule has 0 fully saturated rings. The molecule has 0 spiro atoms. The van der Waals surface area contributed by atoms with Gasteiger partial charge < -0.3 is 4.74 Å². The highest BCUT2D eigenvalue weighted by Gasteiger charge is 2.02. The van der Waals surface area contributed by atoms with Gasteiger partial charge in [0.2, 0.25) is 0 Å². The Hall–Kier alpha value is -0.830. The van der Waals surface area contributed by atoms with Crippen molar-refractivity contribution in [3.05, 3.63) is 35.1 Å². The summed E-state index contributed by atoms with van der Waals surface area (Å²) in [5.41, 5.74) is 0.745. The highest BCUT2D eigenvalue weighted by Crippen LogP contribution is 2.19. The lowest BCUT2D eigenvalue weighted by Crippen LogP contribution is -1.90. The van der Waals surface area contributed by atoms with Crippen LogP contribution in [0.15, 0.2) is 29.4 Å². The minimum Gasteiger partial charge on any atom is -0.495 e. The number of nitrogens with zero attached hydrogens (tertiary/aromatic N) is 1. The molecule has 1 heterocycles. The molecular weight excluding hydrogens is 206 g/mol. The molecule has 0 N–H and O–H groups in total. The van der Waals surface area contributed by atoms with E-state index in [1.165, 1.54) is 0 Å². The van der Waals surface area contributed by atoms with Crippen LogP contribution in [0.4, 0.5) is 0 Å². The molecule has 1 aromatic rings. The van der Waals surface area contributed by atoms with Crippen molar-refractivity contribution in [1.29, 1.82) is 0 Å². The van der Waals surface area contributed by atoms with E-state index >= 15 is 0 Å². The van der Waals surface area contributed by atoms with Crippen LogP contribution in [0.3, 0.4) is 0 Å². The summed E-state index contributed by atoms with van der Waals surface area (Å²) in [5.74, 6) is 0.567. The minimum absolute atomic E-state index is 0.567. The van der Waals surface area contributed by atoms with Gasteiger partial charge in [-0.05, 0) is 28.1 Å². The van der Waals surface area contributed by atoms with E-state index in [9.17, 15) is 0 Å². The molecular formula is C8H8BrNO. The average Bonchev–Trinajstić information content (AvgIpc) is 2.04. The third-order valence-electron chi connectivity index (χ3n) is 1.27. The van der Waals surface area contributed by atoms with E-state index in [-0.39, 0.29) is 0 Å². The lowest BCUT2D eigenvalue weighted by molar-refractivity contribution is 0.369. The maximum atomic E-state index is 4.93. The van der Waals surface area contributed by atoms with Gasteiger partial charge in [-0.2, -0.15) is 0 Å². The summed E-state index contributed by atoms with van der Waals surface area (Å²) in [6.07, 6.45) is 1.70. The monoisotopic (exact) mass is 213 g/mol. The molecule has 0 aliphatic carbocycles. The molecule has 0 atom stereocenters. The molecule has 11 heavy (non-hydrogen) atoms. The van der Waals surface area contributed by atoms with Crippen LogP contribution in [0, 0.1) is 0 Å². The fourth-order valence-corrected chi connectivity index (χ4v) is 1.16. The maximum Gasteiger partial charge on any atom is 0.138 e. The molecule has 0 aliphatic heterocycles. The number of rotatable bonds is 2. The van der Waals surface area contributed by atoms with Crippen molar-refractivity contribution in [3.8, 4) is 0 Å². The van der Waals surface area contributed by atoms with Gasteiger partial charge in [0.1, 0.15) is 11.5 Å². The number of ether oxygens (including phenoxy) is 1. The Morgan fingerprint density at radius 2 is 2.45 bits per heavy atom. The van der Waals surface area contributed by atoms with Crippen molar-refractivity contribution in [3.63, 3.8) is 0 Å². The van der Waals surface area contributed by atoms with E-state index in [2.05, 4.69) is 27.5 Å². The van der Waals surface area contributed by atoms with E-state index in [4.69, 9.17) is 4.74 Å². The molecule has 0 amide bonds. The summed E-state index contributed by atoms with van der Waals surface area (Å²) in [7, 11) is 1.57. The van der Waals surface area contributed by atoms with Crippen LogP contribution < -0.4 is 0 Å². The molecule has 2 nitrogen and oxygen atoms in total. The molecule has 0 saturated heterocycles. The Morgan fingerprint density at radius 1 is 1.73 bits per heavy atom. The third-order valence-corrected chi connectivity index (χ3v) is 1.91. The van der Waals surface area contributed by atoms with Crippen LogP contribution in [0.1, 0.15) is 5.69 Å². The Kier molecular flexibility index (Phi) is 2.65. The second kappa shape index (κ2) is 3.53. The Balaban J connectivity index is 3.03. The fourth-order valence-electron chi connectivity index (χ4n) is 0.688. The minimum atomic E-state index is 0.567. The molecule has 0 unspecified atom stereocenters. The van der Waals surface area contributed by atoms with Crippen LogP contribution in [0.2, 0.25) is 0 Å². The number of halogens is 1. The van der Waals surface area contributed by atoms with E-state index in [0.29, 0.717) is 5.76 Å². The van der Waals surface area contributed by atoms with E-state index < -0.39 is 0 Å². The largest absolute Gasteiger partial charge is 0.495 e. The molecule has 1 rings (SSSR count). The summed E-state index contributed by atoms with van der Waals surface area (Å²) >= 11 is 3.33. The van der Waals surface area contributed by atoms with Gasteiger partial charge in [0.25, 0.3) is 0 Å². The first kappa shape index (κ1) is 8.27. The number of methoxy groups -OCH3 is 1. The predicted octanol–water partition coefficient (Wildman–Crippen LogP) is 2.46. The van der Waals surface area contributed by atoms with Gasteiger partial charge >= 0.3 is 0 Å². The first-order valence-electron chi connectivity index (χ1n) is 3.09. The van der Waals surface area contributed by atoms with Gasteiger partial charge in [0.15, 0.2) is 0 Å². The molecule has 0 bridgehead atoms. The first-order chi connectivity index (χ1) is 5.25. The zero-order chi connectivity index (χ0) is 8.27. The van der Waals surface area contributed by atoms with Crippen LogP contribution in [0.25, 0.3) is 5.76 Å². The zero-order valence-electron chi connectivity index (χ0n) is 6.17. The third kappa shape index (κ3) is 1.80. The van der Waals surface area contributed by atoms with Gasteiger partial charge in [-0.1, -0.05) is 6.58 Å². The first-order valence-corrected chi connectivity index (χ1v) is 3.89. The molecule has 0 saturated carbocycles. The molecule has 0 aromatic carbocycles. The summed E-state index contributed by atoms with van der Waals surface area (Å²) in [6, 6.07) is 3.74. The lowest BCUT2D eigenvalue weighted by atomic mass is 10.3. The standard InChI is InChI=1S/C8H8BrNO/c1-6(11-2)8-7(9)4-3-5-10-8/h3-5H,1H2,2H3. The van der Waals surface area contributed by atoms with Crippen molar-refractivity contribution in [2.45, 2.75) is 0 Å². The molecule has 3 heteroatoms. The van der Waals surface area contributed by atoms with Crippen LogP contribution in [-0.4, -0.2) is 12.1 Å². The van der Waals surface area contributed by atoms with Crippen LogP contribution in [0.5, 0.6) is 0 Å². The highest BCUT2D eigenvalue weighted by molar-refractivity contribution is 9.10. The van der Waals surface area contributed by atoms with Crippen LogP contribution in [-0.2, 0) is 4.74 Å².